The van der Waals surface area contributed by atoms with E-state index in [-0.39, 0.29) is 18.9 Å². The Hall–Kier alpha value is -2.33. The van der Waals surface area contributed by atoms with Gasteiger partial charge in [-0.05, 0) is 42.5 Å². The number of aryl methyl sites for hydroxylation is 1. The fourth-order valence-corrected chi connectivity index (χ4v) is 4.93. The molecule has 0 saturated carbocycles. The monoisotopic (exact) mass is 463 g/mol. The van der Waals surface area contributed by atoms with Crippen LogP contribution < -0.4 is 4.72 Å². The lowest BCUT2D eigenvalue weighted by Crippen LogP contribution is -2.24. The normalized spacial score (nSPS) is 11.4. The molecule has 2 aromatic heterocycles. The molecule has 0 amide bonds. The second-order valence-electron chi connectivity index (χ2n) is 6.71. The van der Waals surface area contributed by atoms with Gasteiger partial charge in [0.2, 0.25) is 15.8 Å². The van der Waals surface area contributed by atoms with Crippen LogP contribution in [-0.2, 0) is 21.2 Å². The fourth-order valence-electron chi connectivity index (χ4n) is 2.72. The lowest BCUT2D eigenvalue weighted by Gasteiger charge is -2.05. The van der Waals surface area contributed by atoms with Crippen LogP contribution in [0.25, 0.3) is 11.1 Å². The van der Waals surface area contributed by atoms with Crippen LogP contribution in [0.5, 0.6) is 0 Å². The van der Waals surface area contributed by atoms with Crippen molar-refractivity contribution in [3.05, 3.63) is 68.0 Å². The van der Waals surface area contributed by atoms with Crippen LogP contribution in [-0.4, -0.2) is 39.6 Å². The van der Waals surface area contributed by atoms with Gasteiger partial charge in [0.15, 0.2) is 6.61 Å². The lowest BCUT2D eigenvalue weighted by molar-refractivity contribution is 0.0481. The molecule has 1 aromatic carbocycles. The SMILES string of the molecule is Cc1ccc(-c2ccsc2C(=O)OCC(=O)c2ccc(CCNS(C)(=O)=O)s2)cc1. The van der Waals surface area contributed by atoms with Crippen molar-refractivity contribution >= 4 is 44.4 Å². The van der Waals surface area contributed by atoms with Crippen LogP contribution in [0.2, 0.25) is 0 Å². The predicted octanol–water partition coefficient (Wildman–Crippen LogP) is 3.92. The molecular weight excluding hydrogens is 442 g/mol. The Balaban J connectivity index is 1.57. The van der Waals surface area contributed by atoms with Crippen molar-refractivity contribution in [1.82, 2.24) is 4.72 Å². The van der Waals surface area contributed by atoms with Crippen molar-refractivity contribution in [2.45, 2.75) is 13.3 Å². The molecule has 9 heteroatoms. The molecule has 6 nitrogen and oxygen atoms in total. The molecule has 3 rings (SSSR count). The summed E-state index contributed by atoms with van der Waals surface area (Å²) in [4.78, 5) is 26.7. The van der Waals surface area contributed by atoms with Gasteiger partial charge in [0.25, 0.3) is 0 Å². The minimum Gasteiger partial charge on any atom is -0.453 e. The van der Waals surface area contributed by atoms with E-state index in [2.05, 4.69) is 4.72 Å². The number of hydrogen-bond acceptors (Lipinski definition) is 7. The second kappa shape index (κ2) is 9.65. The van der Waals surface area contributed by atoms with Gasteiger partial charge >= 0.3 is 5.97 Å². The number of thiophene rings is 2. The largest absolute Gasteiger partial charge is 0.453 e. The zero-order valence-electron chi connectivity index (χ0n) is 16.5. The standard InChI is InChI=1S/C21H21NO5S3/c1-14-3-5-15(6-4-14)17-10-12-28-20(17)21(24)27-13-18(23)19-8-7-16(29-19)9-11-22-30(2,25)26/h3-8,10,12,22H,9,11,13H2,1-2H3. The highest BCUT2D eigenvalue weighted by molar-refractivity contribution is 7.88. The van der Waals surface area contributed by atoms with E-state index in [0.717, 1.165) is 27.8 Å². The topological polar surface area (TPSA) is 89.5 Å². The molecule has 0 aliphatic heterocycles. The molecule has 1 N–H and O–H groups in total. The first kappa shape index (κ1) is 22.4. The molecule has 0 fully saturated rings. The predicted molar refractivity (Wildman–Crippen MR) is 120 cm³/mol. The molecule has 0 unspecified atom stereocenters. The Morgan fingerprint density at radius 2 is 1.80 bits per heavy atom. The third-order valence-corrected chi connectivity index (χ3v) is 7.03. The zero-order valence-corrected chi connectivity index (χ0v) is 19.0. The molecule has 0 spiro atoms. The molecule has 0 saturated heterocycles. The van der Waals surface area contributed by atoms with Gasteiger partial charge in [-0.15, -0.1) is 22.7 Å². The third kappa shape index (κ3) is 6.09. The van der Waals surface area contributed by atoms with Gasteiger partial charge in [0.05, 0.1) is 11.1 Å². The van der Waals surface area contributed by atoms with Crippen LogP contribution in [0.4, 0.5) is 0 Å². The number of sulfonamides is 1. The molecule has 30 heavy (non-hydrogen) atoms. The quantitative estimate of drug-likeness (QED) is 0.384. The molecule has 0 aliphatic rings. The molecule has 0 atom stereocenters. The Bertz CT molecular complexity index is 1140. The van der Waals surface area contributed by atoms with Crippen LogP contribution in [0.1, 0.15) is 29.8 Å². The first-order valence-electron chi connectivity index (χ1n) is 9.11. The number of ketones is 1. The number of Topliss-reactive ketones (excluding diaryl/α,β-unsaturated/α-hetero) is 1. The Kier molecular flexibility index (Phi) is 7.19. The van der Waals surface area contributed by atoms with Gasteiger partial charge < -0.3 is 4.74 Å². The number of carbonyl (C=O) groups is 2. The van der Waals surface area contributed by atoms with E-state index < -0.39 is 16.0 Å². The van der Waals surface area contributed by atoms with Gasteiger partial charge in [-0.2, -0.15) is 0 Å². The summed E-state index contributed by atoms with van der Waals surface area (Å²) in [6, 6.07) is 13.2. The summed E-state index contributed by atoms with van der Waals surface area (Å²) in [5, 5.41) is 1.82. The van der Waals surface area contributed by atoms with Crippen LogP contribution in [0.15, 0.2) is 47.8 Å². The van der Waals surface area contributed by atoms with E-state index in [9.17, 15) is 18.0 Å². The summed E-state index contributed by atoms with van der Waals surface area (Å²) in [6.07, 6.45) is 1.59. The Labute approximate surface area is 183 Å². The van der Waals surface area contributed by atoms with Crippen molar-refractivity contribution in [2.24, 2.45) is 0 Å². The van der Waals surface area contributed by atoms with Gasteiger partial charge in [-0.25, -0.2) is 17.9 Å². The van der Waals surface area contributed by atoms with Crippen molar-refractivity contribution < 1.29 is 22.7 Å². The average Bonchev–Trinajstić information content (AvgIpc) is 3.35. The maximum atomic E-state index is 12.5. The maximum absolute atomic E-state index is 12.5. The summed E-state index contributed by atoms with van der Waals surface area (Å²) in [6.45, 7) is 1.92. The third-order valence-electron chi connectivity index (χ3n) is 4.22. The van der Waals surface area contributed by atoms with E-state index in [4.69, 9.17) is 4.74 Å². The first-order chi connectivity index (χ1) is 14.2. The van der Waals surface area contributed by atoms with Crippen molar-refractivity contribution in [3.63, 3.8) is 0 Å². The zero-order chi connectivity index (χ0) is 21.7. The summed E-state index contributed by atoms with van der Waals surface area (Å²) >= 11 is 2.55. The molecule has 0 aliphatic carbocycles. The smallest absolute Gasteiger partial charge is 0.349 e. The number of rotatable bonds is 9. The van der Waals surface area contributed by atoms with Gasteiger partial charge in [-0.1, -0.05) is 29.8 Å². The number of esters is 1. The molecular formula is C21H21NO5S3. The minimum atomic E-state index is -3.24. The highest BCUT2D eigenvalue weighted by Gasteiger charge is 2.18. The molecule has 0 bridgehead atoms. The summed E-state index contributed by atoms with van der Waals surface area (Å²) in [5.74, 6) is -0.813. The fraction of sp³-hybridized carbons (Fsp3) is 0.238. The van der Waals surface area contributed by atoms with Crippen LogP contribution in [0, 0.1) is 6.92 Å². The first-order valence-corrected chi connectivity index (χ1v) is 12.7. The highest BCUT2D eigenvalue weighted by atomic mass is 32.2. The van der Waals surface area contributed by atoms with E-state index in [0.29, 0.717) is 16.2 Å². The number of carbonyl (C=O) groups excluding carboxylic acids is 2. The van der Waals surface area contributed by atoms with E-state index in [1.54, 1.807) is 12.1 Å². The summed E-state index contributed by atoms with van der Waals surface area (Å²) < 4.78 is 29.9. The van der Waals surface area contributed by atoms with Crippen LogP contribution >= 0.6 is 22.7 Å². The van der Waals surface area contributed by atoms with Crippen molar-refractivity contribution in [1.29, 1.82) is 0 Å². The molecule has 2 heterocycles. The Morgan fingerprint density at radius 3 is 2.50 bits per heavy atom. The van der Waals surface area contributed by atoms with Gasteiger partial charge in [-0.3, -0.25) is 4.79 Å². The van der Waals surface area contributed by atoms with Crippen LogP contribution in [0.3, 0.4) is 0 Å². The molecule has 158 valence electrons. The molecule has 3 aromatic rings. The van der Waals surface area contributed by atoms with E-state index in [1.807, 2.05) is 42.6 Å². The number of hydrogen-bond donors (Lipinski definition) is 1. The summed E-state index contributed by atoms with van der Waals surface area (Å²) in [7, 11) is -3.24. The second-order valence-corrected chi connectivity index (χ2v) is 10.6. The Morgan fingerprint density at radius 1 is 1.07 bits per heavy atom. The number of nitrogens with one attached hydrogen (secondary N) is 1. The molecule has 0 radical (unpaired) electrons. The lowest BCUT2D eigenvalue weighted by atomic mass is 10.1. The number of ether oxygens (including phenoxy) is 1. The van der Waals surface area contributed by atoms with E-state index >= 15 is 0 Å². The van der Waals surface area contributed by atoms with Gasteiger partial charge in [0.1, 0.15) is 4.88 Å². The number of benzene rings is 1. The average molecular weight is 464 g/mol. The van der Waals surface area contributed by atoms with Gasteiger partial charge in [0, 0.05) is 17.0 Å². The van der Waals surface area contributed by atoms with Crippen molar-refractivity contribution in [2.75, 3.05) is 19.4 Å². The summed E-state index contributed by atoms with van der Waals surface area (Å²) in [5.41, 5.74) is 2.84. The maximum Gasteiger partial charge on any atom is 0.349 e. The minimum absolute atomic E-state index is 0.266. The van der Waals surface area contributed by atoms with Crippen molar-refractivity contribution in [3.8, 4) is 11.1 Å². The highest BCUT2D eigenvalue weighted by Crippen LogP contribution is 2.29. The van der Waals surface area contributed by atoms with E-state index in [1.165, 1.54) is 22.7 Å².